The van der Waals surface area contributed by atoms with Gasteiger partial charge in [-0.3, -0.25) is 20.4 Å². The van der Waals surface area contributed by atoms with Crippen LogP contribution in [-0.2, 0) is 6.42 Å². The van der Waals surface area contributed by atoms with E-state index in [9.17, 15) is 0 Å². The zero-order valence-electron chi connectivity index (χ0n) is 6.42. The Bertz CT molecular complexity index is 455. The lowest BCUT2D eigenvalue weighted by Crippen LogP contribution is -1.93. The molecule has 2 aromatic heterocycles. The Labute approximate surface area is 82.8 Å². The van der Waals surface area contributed by atoms with E-state index in [1.165, 1.54) is 0 Å². The second-order valence-electron chi connectivity index (χ2n) is 2.40. The van der Waals surface area contributed by atoms with Crippen molar-refractivity contribution in [1.82, 2.24) is 30.4 Å². The number of aromatic nitrogens is 6. The van der Waals surface area contributed by atoms with Crippen molar-refractivity contribution in [2.24, 2.45) is 0 Å². The van der Waals surface area contributed by atoms with Crippen LogP contribution in [0.4, 0.5) is 0 Å². The number of H-pyrrole nitrogens is 4. The molecule has 0 radical (unpaired) electrons. The number of hydrogen-bond donors (Lipinski definition) is 4. The molecule has 0 aliphatic rings. The molecule has 68 valence electrons. The van der Waals surface area contributed by atoms with Gasteiger partial charge in [-0.1, -0.05) is 0 Å². The molecular formula is C5H6N6S2. The maximum absolute atomic E-state index is 4.80. The van der Waals surface area contributed by atoms with Gasteiger partial charge in [0.05, 0.1) is 6.42 Å². The van der Waals surface area contributed by atoms with Gasteiger partial charge in [0.25, 0.3) is 0 Å². The van der Waals surface area contributed by atoms with Crippen LogP contribution in [0.5, 0.6) is 0 Å². The molecule has 0 amide bonds. The average molecular weight is 214 g/mol. The molecule has 0 spiro atoms. The van der Waals surface area contributed by atoms with Crippen LogP contribution in [-0.4, -0.2) is 30.4 Å². The van der Waals surface area contributed by atoms with Crippen molar-refractivity contribution in [3.05, 3.63) is 21.2 Å². The first-order valence-corrected chi connectivity index (χ1v) is 4.33. The first-order chi connectivity index (χ1) is 6.24. The van der Waals surface area contributed by atoms with Crippen molar-refractivity contribution in [2.75, 3.05) is 0 Å². The van der Waals surface area contributed by atoms with Crippen molar-refractivity contribution < 1.29 is 0 Å². The summed E-state index contributed by atoms with van der Waals surface area (Å²) in [5.41, 5.74) is 0. The quantitative estimate of drug-likeness (QED) is 0.558. The first kappa shape index (κ1) is 8.32. The van der Waals surface area contributed by atoms with Crippen molar-refractivity contribution in [3.63, 3.8) is 0 Å². The van der Waals surface area contributed by atoms with E-state index >= 15 is 0 Å². The molecule has 0 aromatic carbocycles. The van der Waals surface area contributed by atoms with E-state index in [0.717, 1.165) is 11.6 Å². The highest BCUT2D eigenvalue weighted by Gasteiger charge is 2.01. The van der Waals surface area contributed by atoms with Crippen LogP contribution in [0.3, 0.4) is 0 Å². The molecule has 0 saturated heterocycles. The van der Waals surface area contributed by atoms with Gasteiger partial charge in [0, 0.05) is 0 Å². The maximum atomic E-state index is 4.80. The molecule has 13 heavy (non-hydrogen) atoms. The Morgan fingerprint density at radius 3 is 1.62 bits per heavy atom. The van der Waals surface area contributed by atoms with Crippen LogP contribution in [0.25, 0.3) is 0 Å². The highest BCUT2D eigenvalue weighted by Crippen LogP contribution is 1.96. The summed E-state index contributed by atoms with van der Waals surface area (Å²) in [5, 5.41) is 11.0. The van der Waals surface area contributed by atoms with Gasteiger partial charge in [-0.15, -0.1) is 0 Å². The number of aromatic amines is 4. The zero-order valence-corrected chi connectivity index (χ0v) is 8.05. The van der Waals surface area contributed by atoms with Crippen molar-refractivity contribution in [2.45, 2.75) is 6.42 Å². The minimum absolute atomic E-state index is 0.434. The monoisotopic (exact) mass is 214 g/mol. The van der Waals surface area contributed by atoms with E-state index in [1.54, 1.807) is 0 Å². The van der Waals surface area contributed by atoms with Gasteiger partial charge in [0.1, 0.15) is 11.6 Å². The summed E-state index contributed by atoms with van der Waals surface area (Å²) in [6, 6.07) is 0. The minimum atomic E-state index is 0.434. The van der Waals surface area contributed by atoms with E-state index in [-0.39, 0.29) is 0 Å². The molecule has 0 bridgehead atoms. The van der Waals surface area contributed by atoms with E-state index in [0.29, 0.717) is 16.0 Å². The molecule has 0 aliphatic carbocycles. The highest BCUT2D eigenvalue weighted by atomic mass is 32.1. The second-order valence-corrected chi connectivity index (χ2v) is 3.18. The Kier molecular flexibility index (Phi) is 2.07. The number of nitrogens with one attached hydrogen (secondary N) is 4. The van der Waals surface area contributed by atoms with E-state index in [1.807, 2.05) is 0 Å². The summed E-state index contributed by atoms with van der Waals surface area (Å²) in [4.78, 5) is 8.02. The summed E-state index contributed by atoms with van der Waals surface area (Å²) >= 11 is 9.59. The largest absolute Gasteiger partial charge is 0.285 e. The Balaban J connectivity index is 2.23. The van der Waals surface area contributed by atoms with Gasteiger partial charge in [-0.2, -0.15) is 0 Å². The lowest BCUT2D eigenvalue weighted by Gasteiger charge is -1.88. The summed E-state index contributed by atoms with van der Waals surface area (Å²) < 4.78 is 0.869. The first-order valence-electron chi connectivity index (χ1n) is 3.51. The summed E-state index contributed by atoms with van der Waals surface area (Å²) in [7, 11) is 0. The van der Waals surface area contributed by atoms with E-state index in [2.05, 4.69) is 30.4 Å². The van der Waals surface area contributed by atoms with Gasteiger partial charge in [0.15, 0.2) is 0 Å². The zero-order chi connectivity index (χ0) is 9.26. The molecule has 6 nitrogen and oxygen atoms in total. The lowest BCUT2D eigenvalue weighted by atomic mass is 10.4. The molecule has 0 atom stereocenters. The predicted octanol–water partition coefficient (Wildman–Crippen LogP) is 0.839. The summed E-state index contributed by atoms with van der Waals surface area (Å²) in [6.07, 6.45) is 0.542. The number of nitrogens with zero attached hydrogens (tertiary/aromatic N) is 2. The van der Waals surface area contributed by atoms with Gasteiger partial charge >= 0.3 is 0 Å². The molecule has 2 rings (SSSR count). The molecule has 4 N–H and O–H groups in total. The van der Waals surface area contributed by atoms with Crippen molar-refractivity contribution in [1.29, 1.82) is 0 Å². The Morgan fingerprint density at radius 2 is 1.31 bits per heavy atom. The molecule has 2 aromatic rings. The molecule has 0 unspecified atom stereocenters. The van der Waals surface area contributed by atoms with Crippen LogP contribution in [0.1, 0.15) is 11.6 Å². The minimum Gasteiger partial charge on any atom is -0.285 e. The van der Waals surface area contributed by atoms with Gasteiger partial charge < -0.3 is 0 Å². The molecule has 0 fully saturated rings. The third kappa shape index (κ3) is 1.90. The van der Waals surface area contributed by atoms with Crippen LogP contribution >= 0.6 is 24.4 Å². The van der Waals surface area contributed by atoms with Gasteiger partial charge in [-0.25, -0.2) is 9.97 Å². The number of hydrogen-bond acceptors (Lipinski definition) is 4. The Morgan fingerprint density at radius 1 is 0.846 bits per heavy atom. The average Bonchev–Trinajstić information content (AvgIpc) is 2.62. The lowest BCUT2D eigenvalue weighted by molar-refractivity contribution is 0.899. The third-order valence-electron chi connectivity index (χ3n) is 1.44. The molecule has 8 heteroatoms. The fourth-order valence-electron chi connectivity index (χ4n) is 0.934. The summed E-state index contributed by atoms with van der Waals surface area (Å²) in [5.74, 6) is 1.45. The molecule has 2 heterocycles. The van der Waals surface area contributed by atoms with Crippen LogP contribution in [0.2, 0.25) is 0 Å². The number of rotatable bonds is 2. The Hall–Kier alpha value is -1.28. The summed E-state index contributed by atoms with van der Waals surface area (Å²) in [6.45, 7) is 0. The molecule has 0 saturated carbocycles. The normalized spacial score (nSPS) is 10.5. The van der Waals surface area contributed by atoms with Gasteiger partial charge in [-0.05, 0) is 24.4 Å². The van der Waals surface area contributed by atoms with Crippen LogP contribution < -0.4 is 0 Å². The standard InChI is InChI=1S/C5H6N6S2/c12-4-6-2(8-10-4)1-3-7-5(13)11-9-3/h1H2,(H2,6,8,10,12)(H2,7,9,11,13). The highest BCUT2D eigenvalue weighted by molar-refractivity contribution is 7.71. The van der Waals surface area contributed by atoms with E-state index in [4.69, 9.17) is 24.4 Å². The van der Waals surface area contributed by atoms with Crippen molar-refractivity contribution in [3.8, 4) is 0 Å². The van der Waals surface area contributed by atoms with Crippen molar-refractivity contribution >= 4 is 24.4 Å². The molecular weight excluding hydrogens is 208 g/mol. The predicted molar refractivity (Wildman–Crippen MR) is 50.4 cm³/mol. The van der Waals surface area contributed by atoms with E-state index < -0.39 is 0 Å². The fourth-order valence-corrected chi connectivity index (χ4v) is 1.26. The van der Waals surface area contributed by atoms with Gasteiger partial charge in [0.2, 0.25) is 9.54 Å². The smallest absolute Gasteiger partial charge is 0.213 e. The molecule has 0 aliphatic heterocycles. The topological polar surface area (TPSA) is 88.9 Å². The third-order valence-corrected chi connectivity index (χ3v) is 1.82. The van der Waals surface area contributed by atoms with Crippen LogP contribution in [0, 0.1) is 9.54 Å². The second kappa shape index (κ2) is 3.23. The maximum Gasteiger partial charge on any atom is 0.213 e. The fraction of sp³-hybridized carbons (Fsp3) is 0.200. The SMILES string of the molecule is S=c1nc(Cc2nc(=S)[nH][nH]2)[nH][nH]1. The van der Waals surface area contributed by atoms with Crippen LogP contribution in [0.15, 0.2) is 0 Å².